The topological polar surface area (TPSA) is 229 Å². The number of phenolic OH excluding ortho intramolecular Hbond substituents is 2. The molecule has 41 heavy (non-hydrogen) atoms. The summed E-state index contributed by atoms with van der Waals surface area (Å²) in [7, 11) is 0. The summed E-state index contributed by atoms with van der Waals surface area (Å²) < 4.78 is 28.7. The number of phenols is 2. The van der Waals surface area contributed by atoms with Gasteiger partial charge in [-0.1, -0.05) is 0 Å². The van der Waals surface area contributed by atoms with Gasteiger partial charge in [0.25, 0.3) is 0 Å². The molecule has 3 heterocycles. The molecular formula is C27H30O14. The Balaban J connectivity index is 1.56. The van der Waals surface area contributed by atoms with E-state index in [9.17, 15) is 45.6 Å². The van der Waals surface area contributed by atoms with Crippen molar-refractivity contribution in [2.75, 3.05) is 6.61 Å². The van der Waals surface area contributed by atoms with E-state index in [1.54, 1.807) is 0 Å². The molecule has 0 bridgehead atoms. The van der Waals surface area contributed by atoms with E-state index in [-0.39, 0.29) is 33.8 Å². The average Bonchev–Trinajstić information content (AvgIpc) is 2.95. The molecule has 2 fully saturated rings. The van der Waals surface area contributed by atoms with Crippen molar-refractivity contribution in [1.82, 2.24) is 0 Å². The van der Waals surface area contributed by atoms with Crippen LogP contribution in [0.3, 0.4) is 0 Å². The van der Waals surface area contributed by atoms with Gasteiger partial charge in [0.2, 0.25) is 17.5 Å². The zero-order valence-electron chi connectivity index (χ0n) is 21.5. The van der Waals surface area contributed by atoms with Gasteiger partial charge in [-0.3, -0.25) is 4.79 Å². The molecular weight excluding hydrogens is 548 g/mol. The Morgan fingerprint density at radius 2 is 1.49 bits per heavy atom. The molecule has 2 aromatic carbocycles. The standard InChI is InChI=1S/C27H30O14/c1-10-17(31)21(35)25(41-26-22(36)20(34)19(33)16(9-28)39-26)27(37-10)40-24-18(32)14-7-6-13(30)8-15(14)38-23(24)11-2-4-12(29)5-3-11/h2-8,10,16-17,19-22,25-31,33-36H,9H2,1H3/t10-,16+,17-,19+,20-,21+,22+,25+,26-,27-/m0/s1. The van der Waals surface area contributed by atoms with Crippen molar-refractivity contribution in [3.05, 3.63) is 52.7 Å². The number of hydrogen-bond acceptors (Lipinski definition) is 14. The lowest BCUT2D eigenvalue weighted by Crippen LogP contribution is -2.64. The van der Waals surface area contributed by atoms with E-state index in [0.29, 0.717) is 0 Å². The van der Waals surface area contributed by atoms with E-state index in [0.717, 1.165) is 0 Å². The highest BCUT2D eigenvalue weighted by Crippen LogP contribution is 2.36. The number of benzene rings is 2. The second kappa shape index (κ2) is 11.5. The predicted molar refractivity (Wildman–Crippen MR) is 137 cm³/mol. The third-order valence-electron chi connectivity index (χ3n) is 7.12. The van der Waals surface area contributed by atoms with Gasteiger partial charge in [-0.25, -0.2) is 0 Å². The average molecular weight is 579 g/mol. The maximum Gasteiger partial charge on any atom is 0.235 e. The van der Waals surface area contributed by atoms with Gasteiger partial charge in [0, 0.05) is 11.6 Å². The first-order valence-corrected chi connectivity index (χ1v) is 12.7. The second-order valence-corrected chi connectivity index (χ2v) is 9.92. The third-order valence-corrected chi connectivity index (χ3v) is 7.12. The Hall–Kier alpha value is -3.31. The Morgan fingerprint density at radius 1 is 0.805 bits per heavy atom. The molecule has 10 atom stereocenters. The van der Waals surface area contributed by atoms with Crippen molar-refractivity contribution >= 4 is 11.0 Å². The normalized spacial score (nSPS) is 34.0. The molecule has 2 aliphatic heterocycles. The van der Waals surface area contributed by atoms with Gasteiger partial charge in [-0.2, -0.15) is 0 Å². The number of hydrogen-bond donors (Lipinski definition) is 8. The van der Waals surface area contributed by atoms with Crippen LogP contribution in [0.5, 0.6) is 17.2 Å². The van der Waals surface area contributed by atoms with Crippen molar-refractivity contribution in [1.29, 1.82) is 0 Å². The van der Waals surface area contributed by atoms with Crippen molar-refractivity contribution in [2.45, 2.75) is 68.3 Å². The van der Waals surface area contributed by atoms with Crippen LogP contribution in [0.4, 0.5) is 0 Å². The highest BCUT2D eigenvalue weighted by Gasteiger charge is 2.51. The van der Waals surface area contributed by atoms with Gasteiger partial charge in [0.1, 0.15) is 53.7 Å². The summed E-state index contributed by atoms with van der Waals surface area (Å²) in [5.74, 6) is -0.763. The Bertz CT molecular complexity index is 1420. The number of aromatic hydroxyl groups is 2. The molecule has 14 nitrogen and oxygen atoms in total. The molecule has 14 heteroatoms. The number of rotatable bonds is 6. The fraction of sp³-hybridized carbons (Fsp3) is 0.444. The van der Waals surface area contributed by atoms with Crippen LogP contribution in [0.2, 0.25) is 0 Å². The largest absolute Gasteiger partial charge is 0.508 e. The molecule has 0 unspecified atom stereocenters. The summed E-state index contributed by atoms with van der Waals surface area (Å²) in [6.07, 6.45) is -15.9. The molecule has 2 aliphatic rings. The van der Waals surface area contributed by atoms with Crippen LogP contribution >= 0.6 is 0 Å². The monoisotopic (exact) mass is 578 g/mol. The van der Waals surface area contributed by atoms with Gasteiger partial charge >= 0.3 is 0 Å². The lowest BCUT2D eigenvalue weighted by atomic mass is 9.97. The summed E-state index contributed by atoms with van der Waals surface area (Å²) in [5.41, 5.74) is -0.387. The lowest BCUT2D eigenvalue weighted by molar-refractivity contribution is -0.355. The summed E-state index contributed by atoms with van der Waals surface area (Å²) >= 11 is 0. The second-order valence-electron chi connectivity index (χ2n) is 9.92. The number of ether oxygens (including phenoxy) is 4. The summed E-state index contributed by atoms with van der Waals surface area (Å²) in [6.45, 7) is 0.693. The smallest absolute Gasteiger partial charge is 0.235 e. The van der Waals surface area contributed by atoms with E-state index in [2.05, 4.69) is 0 Å². The predicted octanol–water partition coefficient (Wildman–Crippen LogP) is -1.10. The first kappa shape index (κ1) is 29.2. The molecule has 3 aromatic rings. The minimum absolute atomic E-state index is 0.0212. The Morgan fingerprint density at radius 3 is 2.17 bits per heavy atom. The Labute approximate surface area is 231 Å². The molecule has 1 aromatic heterocycles. The first-order chi connectivity index (χ1) is 19.5. The van der Waals surface area contributed by atoms with Crippen LogP contribution in [-0.4, -0.2) is 109 Å². The van der Waals surface area contributed by atoms with Gasteiger partial charge in [0.05, 0.1) is 18.1 Å². The zero-order chi connectivity index (χ0) is 29.6. The molecule has 2 saturated heterocycles. The van der Waals surface area contributed by atoms with Gasteiger partial charge in [-0.15, -0.1) is 0 Å². The van der Waals surface area contributed by atoms with Crippen LogP contribution in [0.1, 0.15) is 6.92 Å². The number of aliphatic hydroxyl groups excluding tert-OH is 6. The van der Waals surface area contributed by atoms with E-state index in [4.69, 9.17) is 23.4 Å². The zero-order valence-corrected chi connectivity index (χ0v) is 21.5. The van der Waals surface area contributed by atoms with Crippen LogP contribution in [0.25, 0.3) is 22.3 Å². The molecule has 0 amide bonds. The third kappa shape index (κ3) is 5.49. The molecule has 8 N–H and O–H groups in total. The summed E-state index contributed by atoms with van der Waals surface area (Å²) in [6, 6.07) is 9.39. The van der Waals surface area contributed by atoms with Crippen LogP contribution in [0.15, 0.2) is 51.7 Å². The maximum absolute atomic E-state index is 13.6. The van der Waals surface area contributed by atoms with Gasteiger partial charge in [-0.05, 0) is 43.3 Å². The highest BCUT2D eigenvalue weighted by molar-refractivity contribution is 5.83. The van der Waals surface area contributed by atoms with Crippen LogP contribution in [0, 0.1) is 0 Å². The van der Waals surface area contributed by atoms with Gasteiger partial charge < -0.3 is 64.2 Å². The van der Waals surface area contributed by atoms with Crippen molar-refractivity contribution in [3.63, 3.8) is 0 Å². The lowest BCUT2D eigenvalue weighted by Gasteiger charge is -2.45. The van der Waals surface area contributed by atoms with Crippen molar-refractivity contribution in [3.8, 4) is 28.6 Å². The molecule has 0 saturated carbocycles. The minimum atomic E-state index is -1.84. The van der Waals surface area contributed by atoms with Crippen molar-refractivity contribution in [2.24, 2.45) is 0 Å². The fourth-order valence-electron chi connectivity index (χ4n) is 4.77. The van der Waals surface area contributed by atoms with Crippen LogP contribution in [-0.2, 0) is 14.2 Å². The van der Waals surface area contributed by atoms with E-state index in [1.807, 2.05) is 0 Å². The van der Waals surface area contributed by atoms with Crippen LogP contribution < -0.4 is 10.2 Å². The number of aliphatic hydroxyl groups is 6. The fourth-order valence-corrected chi connectivity index (χ4v) is 4.77. The minimum Gasteiger partial charge on any atom is -0.508 e. The molecule has 222 valence electrons. The first-order valence-electron chi connectivity index (χ1n) is 12.7. The van der Waals surface area contributed by atoms with E-state index < -0.39 is 79.2 Å². The summed E-state index contributed by atoms with van der Waals surface area (Å²) in [5, 5.41) is 81.3. The SMILES string of the molecule is C[C@@H]1O[C@@H](Oc2c(-c3ccc(O)cc3)oc3cc(O)ccc3c2=O)[C@H](O[C@@H]2O[C@H](CO)[C@@H](O)[C@H](O)[C@H]2O)[C@H](O)[C@H]1O. The Kier molecular flexibility index (Phi) is 8.20. The number of fused-ring (bicyclic) bond motifs is 1. The molecule has 0 spiro atoms. The molecule has 0 radical (unpaired) electrons. The maximum atomic E-state index is 13.6. The van der Waals surface area contributed by atoms with Gasteiger partial charge in [0.15, 0.2) is 18.2 Å². The quantitative estimate of drug-likeness (QED) is 0.174. The summed E-state index contributed by atoms with van der Waals surface area (Å²) in [4.78, 5) is 13.6. The van der Waals surface area contributed by atoms with Crippen molar-refractivity contribution < 1.29 is 64.2 Å². The molecule has 5 rings (SSSR count). The molecule has 0 aliphatic carbocycles. The highest BCUT2D eigenvalue weighted by atomic mass is 16.8. The van der Waals surface area contributed by atoms with E-state index in [1.165, 1.54) is 49.4 Å². The van der Waals surface area contributed by atoms with E-state index >= 15 is 0 Å².